The quantitative estimate of drug-likeness (QED) is 0.764. The third-order valence-electron chi connectivity index (χ3n) is 2.82. The third kappa shape index (κ3) is 4.63. The predicted octanol–water partition coefficient (Wildman–Crippen LogP) is 5.11. The number of carbonyl (C=O) groups excluding carboxylic acids is 1. The van der Waals surface area contributed by atoms with Gasteiger partial charge in [-0.25, -0.2) is 0 Å². The Labute approximate surface area is 141 Å². The van der Waals surface area contributed by atoms with Gasteiger partial charge in [-0.2, -0.15) is 0 Å². The highest BCUT2D eigenvalue weighted by molar-refractivity contribution is 9.10. The molecule has 1 amide bonds. The molecule has 2 aromatic rings. The lowest BCUT2D eigenvalue weighted by atomic mass is 10.2. The number of aryl methyl sites for hydroxylation is 1. The second kappa shape index (κ2) is 7.16. The molecule has 2 rings (SSSR count). The van der Waals surface area contributed by atoms with E-state index in [9.17, 15) is 4.79 Å². The standard InChI is InChI=1S/C15H13BrCl2N2O/c1-9-6-11(3-4-12(9)16)19-8-15(21)20-14-5-2-10(17)7-13(14)18/h2-7,19H,8H2,1H3,(H,20,21). The number of benzene rings is 2. The third-order valence-corrected chi connectivity index (χ3v) is 4.25. The van der Waals surface area contributed by atoms with Crippen LogP contribution in [0.5, 0.6) is 0 Å². The number of hydrogen-bond donors (Lipinski definition) is 2. The number of nitrogens with one attached hydrogen (secondary N) is 2. The Bertz CT molecular complexity index is 677. The lowest BCUT2D eigenvalue weighted by Gasteiger charge is -2.10. The first-order valence-electron chi connectivity index (χ1n) is 6.20. The summed E-state index contributed by atoms with van der Waals surface area (Å²) in [7, 11) is 0. The molecule has 2 aromatic carbocycles. The molecule has 0 spiro atoms. The summed E-state index contributed by atoms with van der Waals surface area (Å²) >= 11 is 15.2. The van der Waals surface area contributed by atoms with Crippen LogP contribution < -0.4 is 10.6 Å². The van der Waals surface area contributed by atoms with Crippen molar-refractivity contribution in [3.8, 4) is 0 Å². The van der Waals surface area contributed by atoms with Gasteiger partial charge in [-0.15, -0.1) is 0 Å². The predicted molar refractivity (Wildman–Crippen MR) is 92.5 cm³/mol. The minimum atomic E-state index is -0.181. The molecular formula is C15H13BrCl2N2O. The van der Waals surface area contributed by atoms with Gasteiger partial charge >= 0.3 is 0 Å². The molecule has 0 aliphatic heterocycles. The van der Waals surface area contributed by atoms with Crippen LogP contribution in [0.25, 0.3) is 0 Å². The molecule has 0 aliphatic rings. The molecule has 21 heavy (non-hydrogen) atoms. The molecule has 0 saturated heterocycles. The second-order valence-corrected chi connectivity index (χ2v) is 6.19. The van der Waals surface area contributed by atoms with Crippen molar-refractivity contribution in [3.63, 3.8) is 0 Å². The Morgan fingerprint density at radius 3 is 2.62 bits per heavy atom. The van der Waals surface area contributed by atoms with Gasteiger partial charge in [0, 0.05) is 15.2 Å². The van der Waals surface area contributed by atoms with Gasteiger partial charge in [-0.3, -0.25) is 4.79 Å². The first-order chi connectivity index (χ1) is 9.95. The fourth-order valence-electron chi connectivity index (χ4n) is 1.72. The largest absolute Gasteiger partial charge is 0.376 e. The van der Waals surface area contributed by atoms with E-state index in [1.807, 2.05) is 25.1 Å². The van der Waals surface area contributed by atoms with Crippen LogP contribution in [-0.4, -0.2) is 12.5 Å². The minimum Gasteiger partial charge on any atom is -0.376 e. The van der Waals surface area contributed by atoms with Crippen LogP contribution in [0.2, 0.25) is 10.0 Å². The molecular weight excluding hydrogens is 375 g/mol. The number of rotatable bonds is 4. The molecule has 2 N–H and O–H groups in total. The first-order valence-corrected chi connectivity index (χ1v) is 7.75. The van der Waals surface area contributed by atoms with E-state index >= 15 is 0 Å². The van der Waals surface area contributed by atoms with Crippen molar-refractivity contribution >= 4 is 56.4 Å². The average Bonchev–Trinajstić information content (AvgIpc) is 2.43. The van der Waals surface area contributed by atoms with Crippen LogP contribution >= 0.6 is 39.1 Å². The van der Waals surface area contributed by atoms with Crippen LogP contribution in [0.1, 0.15) is 5.56 Å². The zero-order valence-corrected chi connectivity index (χ0v) is 14.3. The number of halogens is 3. The molecule has 0 fully saturated rings. The maximum absolute atomic E-state index is 11.9. The van der Waals surface area contributed by atoms with E-state index in [4.69, 9.17) is 23.2 Å². The summed E-state index contributed by atoms with van der Waals surface area (Å²) in [5, 5.41) is 6.74. The topological polar surface area (TPSA) is 41.1 Å². The summed E-state index contributed by atoms with van der Waals surface area (Å²) in [5.74, 6) is -0.181. The van der Waals surface area contributed by atoms with Crippen molar-refractivity contribution in [1.82, 2.24) is 0 Å². The van der Waals surface area contributed by atoms with Gasteiger partial charge < -0.3 is 10.6 Å². The summed E-state index contributed by atoms with van der Waals surface area (Å²) in [6.45, 7) is 2.14. The number of carbonyl (C=O) groups is 1. The molecule has 0 heterocycles. The smallest absolute Gasteiger partial charge is 0.243 e. The molecule has 0 atom stereocenters. The van der Waals surface area contributed by atoms with Gasteiger partial charge in [0.15, 0.2) is 0 Å². The van der Waals surface area contributed by atoms with E-state index in [2.05, 4.69) is 26.6 Å². The zero-order valence-electron chi connectivity index (χ0n) is 11.2. The van der Waals surface area contributed by atoms with Crippen LogP contribution in [0.15, 0.2) is 40.9 Å². The minimum absolute atomic E-state index is 0.153. The van der Waals surface area contributed by atoms with Gasteiger partial charge in [0.05, 0.1) is 17.3 Å². The van der Waals surface area contributed by atoms with Crippen molar-refractivity contribution in [2.75, 3.05) is 17.2 Å². The van der Waals surface area contributed by atoms with Gasteiger partial charge in [-0.05, 0) is 48.9 Å². The van der Waals surface area contributed by atoms with Gasteiger partial charge in [0.2, 0.25) is 5.91 Å². The van der Waals surface area contributed by atoms with E-state index in [1.165, 1.54) is 0 Å². The SMILES string of the molecule is Cc1cc(NCC(=O)Nc2ccc(Cl)cc2Cl)ccc1Br. The van der Waals surface area contributed by atoms with E-state index < -0.39 is 0 Å². The fourth-order valence-corrected chi connectivity index (χ4v) is 2.42. The Kier molecular flexibility index (Phi) is 5.51. The summed E-state index contributed by atoms with van der Waals surface area (Å²) in [5.41, 5.74) is 2.52. The van der Waals surface area contributed by atoms with Crippen molar-refractivity contribution in [2.24, 2.45) is 0 Å². The van der Waals surface area contributed by atoms with Crippen molar-refractivity contribution in [3.05, 3.63) is 56.5 Å². The molecule has 6 heteroatoms. The number of amides is 1. The molecule has 0 aromatic heterocycles. The Morgan fingerprint density at radius 2 is 1.95 bits per heavy atom. The lowest BCUT2D eigenvalue weighted by Crippen LogP contribution is -2.21. The van der Waals surface area contributed by atoms with Gasteiger partial charge in [-0.1, -0.05) is 39.1 Å². The number of hydrogen-bond acceptors (Lipinski definition) is 2. The van der Waals surface area contributed by atoms with Crippen LogP contribution in [0.4, 0.5) is 11.4 Å². The van der Waals surface area contributed by atoms with E-state index in [-0.39, 0.29) is 12.5 Å². The highest BCUT2D eigenvalue weighted by Gasteiger charge is 2.06. The Balaban J connectivity index is 1.94. The molecule has 0 unspecified atom stereocenters. The van der Waals surface area contributed by atoms with Gasteiger partial charge in [0.1, 0.15) is 0 Å². The van der Waals surface area contributed by atoms with Crippen LogP contribution in [0, 0.1) is 6.92 Å². The van der Waals surface area contributed by atoms with Crippen molar-refractivity contribution < 1.29 is 4.79 Å². The monoisotopic (exact) mass is 386 g/mol. The van der Waals surface area contributed by atoms with Gasteiger partial charge in [0.25, 0.3) is 0 Å². The lowest BCUT2D eigenvalue weighted by molar-refractivity contribution is -0.114. The van der Waals surface area contributed by atoms with Crippen molar-refractivity contribution in [2.45, 2.75) is 6.92 Å². The van der Waals surface area contributed by atoms with E-state index in [0.29, 0.717) is 15.7 Å². The Morgan fingerprint density at radius 1 is 1.19 bits per heavy atom. The van der Waals surface area contributed by atoms with Crippen molar-refractivity contribution in [1.29, 1.82) is 0 Å². The zero-order chi connectivity index (χ0) is 15.4. The first kappa shape index (κ1) is 16.1. The fraction of sp³-hybridized carbons (Fsp3) is 0.133. The normalized spacial score (nSPS) is 10.3. The average molecular weight is 388 g/mol. The van der Waals surface area contributed by atoms with Crippen LogP contribution in [0.3, 0.4) is 0 Å². The molecule has 0 aliphatic carbocycles. The maximum atomic E-state index is 11.9. The second-order valence-electron chi connectivity index (χ2n) is 4.49. The molecule has 0 saturated carbocycles. The summed E-state index contributed by atoms with van der Waals surface area (Å²) in [6, 6.07) is 10.7. The molecule has 0 radical (unpaired) electrons. The summed E-state index contributed by atoms with van der Waals surface area (Å²) in [4.78, 5) is 11.9. The molecule has 3 nitrogen and oxygen atoms in total. The molecule has 0 bridgehead atoms. The highest BCUT2D eigenvalue weighted by atomic mass is 79.9. The van der Waals surface area contributed by atoms with E-state index in [1.54, 1.807) is 18.2 Å². The Hall–Kier alpha value is -1.23. The highest BCUT2D eigenvalue weighted by Crippen LogP contribution is 2.25. The van der Waals surface area contributed by atoms with Crippen LogP contribution in [-0.2, 0) is 4.79 Å². The summed E-state index contributed by atoms with van der Waals surface area (Å²) in [6.07, 6.45) is 0. The summed E-state index contributed by atoms with van der Waals surface area (Å²) < 4.78 is 1.03. The molecule has 110 valence electrons. The maximum Gasteiger partial charge on any atom is 0.243 e. The number of anilines is 2. The van der Waals surface area contributed by atoms with E-state index in [0.717, 1.165) is 15.7 Å².